The second-order valence-corrected chi connectivity index (χ2v) is 5.29. The highest BCUT2D eigenvalue weighted by Gasteiger charge is 2.04. The van der Waals surface area contributed by atoms with Crippen LogP contribution in [0.3, 0.4) is 0 Å². The Labute approximate surface area is 107 Å². The molecule has 0 aliphatic rings. The zero-order valence-corrected chi connectivity index (χ0v) is 11.3. The molecule has 1 aromatic carbocycles. The molecule has 17 heavy (non-hydrogen) atoms. The third-order valence-electron chi connectivity index (χ3n) is 2.79. The van der Waals surface area contributed by atoms with E-state index in [0.29, 0.717) is 0 Å². The Morgan fingerprint density at radius 2 is 1.94 bits per heavy atom. The first kappa shape index (κ1) is 12.0. The van der Waals surface area contributed by atoms with Gasteiger partial charge in [-0.2, -0.15) is 0 Å². The minimum Gasteiger partial charge on any atom is -0.378 e. The molecule has 0 amide bonds. The summed E-state index contributed by atoms with van der Waals surface area (Å²) >= 11 is 1.81. The van der Waals surface area contributed by atoms with Gasteiger partial charge in [0.05, 0.1) is 11.4 Å². The number of rotatable bonds is 4. The van der Waals surface area contributed by atoms with Gasteiger partial charge in [-0.05, 0) is 36.1 Å². The van der Waals surface area contributed by atoms with Gasteiger partial charge in [-0.1, -0.05) is 12.1 Å². The third kappa shape index (κ3) is 2.80. The molecule has 0 unspecified atom stereocenters. The zero-order chi connectivity index (χ0) is 12.3. The lowest BCUT2D eigenvalue weighted by atomic mass is 10.2. The van der Waals surface area contributed by atoms with Crippen LogP contribution in [0.25, 0.3) is 0 Å². The first-order chi connectivity index (χ1) is 8.18. The second kappa shape index (κ2) is 5.23. The van der Waals surface area contributed by atoms with Gasteiger partial charge in [-0.25, -0.2) is 0 Å². The summed E-state index contributed by atoms with van der Waals surface area (Å²) in [6.07, 6.45) is 0. The molecule has 0 saturated heterocycles. The van der Waals surface area contributed by atoms with Gasteiger partial charge in [0.25, 0.3) is 0 Å². The number of aryl methyl sites for hydroxylation is 1. The van der Waals surface area contributed by atoms with Gasteiger partial charge < -0.3 is 10.2 Å². The lowest BCUT2D eigenvalue weighted by Crippen LogP contribution is -2.11. The highest BCUT2D eigenvalue weighted by molar-refractivity contribution is 7.10. The molecule has 2 nitrogen and oxygen atoms in total. The second-order valence-electron chi connectivity index (χ2n) is 4.29. The molecule has 0 fully saturated rings. The van der Waals surface area contributed by atoms with Crippen molar-refractivity contribution in [3.63, 3.8) is 0 Å². The fourth-order valence-electron chi connectivity index (χ4n) is 1.77. The van der Waals surface area contributed by atoms with Crippen LogP contribution in [-0.4, -0.2) is 14.1 Å². The molecule has 1 aromatic heterocycles. The number of thiophene rings is 1. The Bertz CT molecular complexity index is 488. The molecule has 0 aliphatic carbocycles. The number of hydrogen-bond donors (Lipinski definition) is 1. The fraction of sp³-hybridized carbons (Fsp3) is 0.286. The largest absolute Gasteiger partial charge is 0.378 e. The smallest absolute Gasteiger partial charge is 0.0596 e. The fourth-order valence-corrected chi connectivity index (χ4v) is 2.62. The number of hydrogen-bond acceptors (Lipinski definition) is 3. The van der Waals surface area contributed by atoms with Gasteiger partial charge in [0, 0.05) is 25.5 Å². The Kier molecular flexibility index (Phi) is 3.69. The van der Waals surface area contributed by atoms with Crippen LogP contribution >= 0.6 is 11.3 Å². The van der Waals surface area contributed by atoms with E-state index >= 15 is 0 Å². The van der Waals surface area contributed by atoms with Gasteiger partial charge >= 0.3 is 0 Å². The van der Waals surface area contributed by atoms with Crippen molar-refractivity contribution in [3.8, 4) is 0 Å². The van der Waals surface area contributed by atoms with E-state index in [2.05, 4.69) is 66.9 Å². The van der Waals surface area contributed by atoms with Crippen molar-refractivity contribution in [3.05, 3.63) is 46.2 Å². The highest BCUT2D eigenvalue weighted by atomic mass is 32.1. The standard InChI is InChI=1S/C14H18N2S/c1-11-8-9-17-14(11)10-15-12-6-4-5-7-13(12)16(2)3/h4-9,15H,10H2,1-3H3. The molecule has 0 radical (unpaired) electrons. The van der Waals surface area contributed by atoms with E-state index in [4.69, 9.17) is 0 Å². The average Bonchev–Trinajstić information content (AvgIpc) is 2.72. The van der Waals surface area contributed by atoms with Gasteiger partial charge in [0.2, 0.25) is 0 Å². The molecule has 0 saturated carbocycles. The van der Waals surface area contributed by atoms with Gasteiger partial charge in [-0.15, -0.1) is 11.3 Å². The lowest BCUT2D eigenvalue weighted by molar-refractivity contribution is 1.11. The number of nitrogens with one attached hydrogen (secondary N) is 1. The summed E-state index contributed by atoms with van der Waals surface area (Å²) in [6.45, 7) is 3.06. The summed E-state index contributed by atoms with van der Waals surface area (Å²) in [5.41, 5.74) is 3.77. The first-order valence-electron chi connectivity index (χ1n) is 5.71. The summed E-state index contributed by atoms with van der Waals surface area (Å²) in [6, 6.07) is 10.6. The van der Waals surface area contributed by atoms with Crippen LogP contribution in [0.5, 0.6) is 0 Å². The summed E-state index contributed by atoms with van der Waals surface area (Å²) in [5.74, 6) is 0. The van der Waals surface area contributed by atoms with E-state index < -0.39 is 0 Å². The van der Waals surface area contributed by atoms with Crippen molar-refractivity contribution in [1.82, 2.24) is 0 Å². The quantitative estimate of drug-likeness (QED) is 0.884. The topological polar surface area (TPSA) is 15.3 Å². The van der Waals surface area contributed by atoms with E-state index in [-0.39, 0.29) is 0 Å². The van der Waals surface area contributed by atoms with Crippen LogP contribution in [0.4, 0.5) is 11.4 Å². The third-order valence-corrected chi connectivity index (χ3v) is 3.82. The van der Waals surface area contributed by atoms with Crippen molar-refractivity contribution < 1.29 is 0 Å². The molecule has 2 rings (SSSR count). The normalized spacial score (nSPS) is 10.3. The van der Waals surface area contributed by atoms with Crippen molar-refractivity contribution in [2.24, 2.45) is 0 Å². The molecular weight excluding hydrogens is 228 g/mol. The molecule has 90 valence electrons. The molecule has 1 N–H and O–H groups in total. The summed E-state index contributed by atoms with van der Waals surface area (Å²) in [4.78, 5) is 3.53. The minimum atomic E-state index is 0.897. The van der Waals surface area contributed by atoms with Gasteiger partial charge in [0.15, 0.2) is 0 Å². The first-order valence-corrected chi connectivity index (χ1v) is 6.59. The molecule has 0 atom stereocenters. The summed E-state index contributed by atoms with van der Waals surface area (Å²) in [5, 5.41) is 5.65. The highest BCUT2D eigenvalue weighted by Crippen LogP contribution is 2.25. The maximum atomic E-state index is 3.51. The van der Waals surface area contributed by atoms with Crippen molar-refractivity contribution >= 4 is 22.7 Å². The van der Waals surface area contributed by atoms with Crippen LogP contribution in [0.1, 0.15) is 10.4 Å². The zero-order valence-electron chi connectivity index (χ0n) is 10.5. The predicted molar refractivity (Wildman–Crippen MR) is 77.2 cm³/mol. The lowest BCUT2D eigenvalue weighted by Gasteiger charge is -2.18. The maximum absolute atomic E-state index is 3.51. The van der Waals surface area contributed by atoms with E-state index in [1.165, 1.54) is 21.8 Å². The molecule has 0 bridgehead atoms. The molecule has 0 spiro atoms. The number of para-hydroxylation sites is 2. The van der Waals surface area contributed by atoms with E-state index in [0.717, 1.165) is 6.54 Å². The van der Waals surface area contributed by atoms with E-state index in [1.54, 1.807) is 11.3 Å². The van der Waals surface area contributed by atoms with Gasteiger partial charge in [0.1, 0.15) is 0 Å². The van der Waals surface area contributed by atoms with Crippen LogP contribution in [0, 0.1) is 6.92 Å². The molecule has 1 heterocycles. The Balaban J connectivity index is 2.11. The predicted octanol–water partition coefficient (Wildman–Crippen LogP) is 3.73. The van der Waals surface area contributed by atoms with Crippen molar-refractivity contribution in [1.29, 1.82) is 0 Å². The minimum absolute atomic E-state index is 0.897. The van der Waals surface area contributed by atoms with Crippen LogP contribution in [0.15, 0.2) is 35.7 Å². The van der Waals surface area contributed by atoms with Gasteiger partial charge in [-0.3, -0.25) is 0 Å². The number of benzene rings is 1. The van der Waals surface area contributed by atoms with Crippen LogP contribution in [-0.2, 0) is 6.54 Å². The SMILES string of the molecule is Cc1ccsc1CNc1ccccc1N(C)C. The van der Waals surface area contributed by atoms with E-state index in [1.807, 2.05) is 0 Å². The molecule has 2 aromatic rings. The van der Waals surface area contributed by atoms with Crippen LogP contribution < -0.4 is 10.2 Å². The summed E-state index contributed by atoms with van der Waals surface area (Å²) in [7, 11) is 4.13. The summed E-state index contributed by atoms with van der Waals surface area (Å²) < 4.78 is 0. The van der Waals surface area contributed by atoms with Crippen LogP contribution in [0.2, 0.25) is 0 Å². The Morgan fingerprint density at radius 1 is 1.18 bits per heavy atom. The maximum Gasteiger partial charge on any atom is 0.0596 e. The Hall–Kier alpha value is -1.48. The van der Waals surface area contributed by atoms with Crippen molar-refractivity contribution in [2.45, 2.75) is 13.5 Å². The van der Waals surface area contributed by atoms with E-state index in [9.17, 15) is 0 Å². The number of anilines is 2. The van der Waals surface area contributed by atoms with Crippen molar-refractivity contribution in [2.75, 3.05) is 24.3 Å². The monoisotopic (exact) mass is 246 g/mol. The molecular formula is C14H18N2S. The molecule has 3 heteroatoms. The average molecular weight is 246 g/mol. The molecule has 0 aliphatic heterocycles. The number of nitrogens with zero attached hydrogens (tertiary/aromatic N) is 1. The Morgan fingerprint density at radius 3 is 2.59 bits per heavy atom.